The van der Waals surface area contributed by atoms with Gasteiger partial charge < -0.3 is 5.32 Å². The standard InChI is InChI=1S/C7H15NO/c1-4-5-7(9)8-6(2)3/h6H,4-5H2,1-3H3,(H,8,9). The minimum Gasteiger partial charge on any atom is -0.354 e. The van der Waals surface area contributed by atoms with Gasteiger partial charge in [0.15, 0.2) is 0 Å². The molecule has 0 atom stereocenters. The van der Waals surface area contributed by atoms with E-state index >= 15 is 0 Å². The van der Waals surface area contributed by atoms with Crippen molar-refractivity contribution in [1.82, 2.24) is 5.32 Å². The Labute approximate surface area is 56.6 Å². The molecule has 0 spiro atoms. The molecule has 0 unspecified atom stereocenters. The minimum absolute atomic E-state index is 0.160. The van der Waals surface area contributed by atoms with Gasteiger partial charge in [0.05, 0.1) is 0 Å². The van der Waals surface area contributed by atoms with E-state index < -0.39 is 0 Å². The summed E-state index contributed by atoms with van der Waals surface area (Å²) in [7, 11) is 0. The summed E-state index contributed by atoms with van der Waals surface area (Å²) in [5.41, 5.74) is 0. The Hall–Kier alpha value is -0.530. The van der Waals surface area contributed by atoms with Gasteiger partial charge in [0.25, 0.3) is 0 Å². The Morgan fingerprint density at radius 3 is 2.44 bits per heavy atom. The van der Waals surface area contributed by atoms with Gasteiger partial charge in [0.2, 0.25) is 5.91 Å². The first-order chi connectivity index (χ1) is 4.16. The fourth-order valence-electron chi connectivity index (χ4n) is 0.621. The molecule has 0 saturated heterocycles. The van der Waals surface area contributed by atoms with Gasteiger partial charge in [-0.25, -0.2) is 0 Å². The average molecular weight is 129 g/mol. The molecule has 0 rings (SSSR count). The topological polar surface area (TPSA) is 29.1 Å². The molecule has 0 aliphatic heterocycles. The van der Waals surface area contributed by atoms with Crippen molar-refractivity contribution in [2.45, 2.75) is 39.7 Å². The molecule has 0 aromatic carbocycles. The summed E-state index contributed by atoms with van der Waals surface area (Å²) in [6.07, 6.45) is 1.58. The van der Waals surface area contributed by atoms with Crippen LogP contribution in [-0.2, 0) is 4.79 Å². The van der Waals surface area contributed by atoms with E-state index in [1.807, 2.05) is 20.8 Å². The van der Waals surface area contributed by atoms with Crippen molar-refractivity contribution in [1.29, 1.82) is 0 Å². The lowest BCUT2D eigenvalue weighted by Gasteiger charge is -2.05. The van der Waals surface area contributed by atoms with Crippen molar-refractivity contribution in [2.24, 2.45) is 0 Å². The first-order valence-corrected chi connectivity index (χ1v) is 3.46. The predicted octanol–water partition coefficient (Wildman–Crippen LogP) is 1.31. The van der Waals surface area contributed by atoms with Crippen LogP contribution in [-0.4, -0.2) is 11.9 Å². The van der Waals surface area contributed by atoms with Crippen molar-refractivity contribution < 1.29 is 4.79 Å². The van der Waals surface area contributed by atoms with Crippen LogP contribution in [0.15, 0.2) is 0 Å². The maximum absolute atomic E-state index is 10.7. The van der Waals surface area contributed by atoms with Gasteiger partial charge in [-0.3, -0.25) is 4.79 Å². The second kappa shape index (κ2) is 4.36. The number of rotatable bonds is 3. The second-order valence-corrected chi connectivity index (χ2v) is 2.47. The maximum Gasteiger partial charge on any atom is 0.220 e. The van der Waals surface area contributed by atoms with Gasteiger partial charge in [-0.05, 0) is 20.3 Å². The van der Waals surface area contributed by atoms with Gasteiger partial charge in [0, 0.05) is 12.5 Å². The molecule has 0 aromatic heterocycles. The average Bonchev–Trinajstić information content (AvgIpc) is 1.63. The molecular formula is C7H15NO. The molecule has 0 radical (unpaired) electrons. The summed E-state index contributed by atoms with van der Waals surface area (Å²) in [5, 5.41) is 2.80. The molecule has 2 nitrogen and oxygen atoms in total. The van der Waals surface area contributed by atoms with Crippen molar-refractivity contribution >= 4 is 5.91 Å². The Morgan fingerprint density at radius 2 is 2.11 bits per heavy atom. The van der Waals surface area contributed by atoms with E-state index in [0.717, 1.165) is 6.42 Å². The Kier molecular flexibility index (Phi) is 4.10. The van der Waals surface area contributed by atoms with Crippen LogP contribution >= 0.6 is 0 Å². The highest BCUT2D eigenvalue weighted by Gasteiger charge is 1.98. The molecule has 0 aromatic rings. The van der Waals surface area contributed by atoms with Gasteiger partial charge in [-0.1, -0.05) is 6.92 Å². The van der Waals surface area contributed by atoms with Crippen LogP contribution in [0.25, 0.3) is 0 Å². The largest absolute Gasteiger partial charge is 0.354 e. The van der Waals surface area contributed by atoms with E-state index in [9.17, 15) is 4.79 Å². The molecule has 54 valence electrons. The zero-order valence-corrected chi connectivity index (χ0v) is 6.40. The minimum atomic E-state index is 0.160. The third-order valence-corrected chi connectivity index (χ3v) is 0.927. The van der Waals surface area contributed by atoms with Crippen molar-refractivity contribution in [3.8, 4) is 0 Å². The van der Waals surface area contributed by atoms with Gasteiger partial charge in [0.1, 0.15) is 0 Å². The molecule has 0 aliphatic carbocycles. The molecule has 0 aliphatic rings. The van der Waals surface area contributed by atoms with Crippen molar-refractivity contribution in [2.75, 3.05) is 0 Å². The number of carbonyl (C=O) groups is 1. The quantitative estimate of drug-likeness (QED) is 0.611. The summed E-state index contributed by atoms with van der Waals surface area (Å²) < 4.78 is 0. The monoisotopic (exact) mass is 129 g/mol. The molecule has 1 amide bonds. The summed E-state index contributed by atoms with van der Waals surface area (Å²) in [5.74, 6) is 0.160. The van der Waals surface area contributed by atoms with Crippen molar-refractivity contribution in [3.05, 3.63) is 0 Å². The third-order valence-electron chi connectivity index (χ3n) is 0.927. The normalized spacial score (nSPS) is 9.78. The van der Waals surface area contributed by atoms with Gasteiger partial charge in [-0.15, -0.1) is 0 Å². The summed E-state index contributed by atoms with van der Waals surface area (Å²) in [4.78, 5) is 10.7. The van der Waals surface area contributed by atoms with Crippen LogP contribution in [0, 0.1) is 0 Å². The van der Waals surface area contributed by atoms with Gasteiger partial charge in [-0.2, -0.15) is 0 Å². The van der Waals surface area contributed by atoms with Crippen LogP contribution in [0.3, 0.4) is 0 Å². The summed E-state index contributed by atoms with van der Waals surface area (Å²) in [6.45, 7) is 5.93. The highest BCUT2D eigenvalue weighted by atomic mass is 16.1. The Morgan fingerprint density at radius 1 is 1.56 bits per heavy atom. The molecule has 0 fully saturated rings. The number of carbonyl (C=O) groups excluding carboxylic acids is 1. The fraction of sp³-hybridized carbons (Fsp3) is 0.857. The van der Waals surface area contributed by atoms with Crippen LogP contribution in [0.4, 0.5) is 0 Å². The van der Waals surface area contributed by atoms with Crippen LogP contribution in [0.5, 0.6) is 0 Å². The SMILES string of the molecule is CCCC(=O)NC(C)C. The second-order valence-electron chi connectivity index (χ2n) is 2.47. The number of nitrogens with one attached hydrogen (secondary N) is 1. The smallest absolute Gasteiger partial charge is 0.220 e. The van der Waals surface area contributed by atoms with E-state index in [2.05, 4.69) is 5.32 Å². The number of hydrogen-bond acceptors (Lipinski definition) is 1. The lowest BCUT2D eigenvalue weighted by atomic mass is 10.3. The molecular weight excluding hydrogens is 114 g/mol. The van der Waals surface area contributed by atoms with Crippen molar-refractivity contribution in [3.63, 3.8) is 0 Å². The highest BCUT2D eigenvalue weighted by Crippen LogP contribution is 1.86. The molecule has 1 N–H and O–H groups in total. The lowest BCUT2D eigenvalue weighted by molar-refractivity contribution is -0.121. The summed E-state index contributed by atoms with van der Waals surface area (Å²) >= 11 is 0. The number of hydrogen-bond donors (Lipinski definition) is 1. The van der Waals surface area contributed by atoms with E-state index in [0.29, 0.717) is 6.42 Å². The van der Waals surface area contributed by atoms with Crippen LogP contribution in [0.1, 0.15) is 33.6 Å². The zero-order chi connectivity index (χ0) is 7.28. The predicted molar refractivity (Wildman–Crippen MR) is 38.2 cm³/mol. The van der Waals surface area contributed by atoms with E-state index in [4.69, 9.17) is 0 Å². The van der Waals surface area contributed by atoms with E-state index in [1.165, 1.54) is 0 Å². The Bertz CT molecular complexity index is 88.9. The zero-order valence-electron chi connectivity index (χ0n) is 6.40. The molecule has 0 saturated carbocycles. The van der Waals surface area contributed by atoms with E-state index in [1.54, 1.807) is 0 Å². The molecule has 0 heterocycles. The highest BCUT2D eigenvalue weighted by molar-refractivity contribution is 5.75. The third kappa shape index (κ3) is 5.34. The molecule has 0 bridgehead atoms. The van der Waals surface area contributed by atoms with Crippen LogP contribution < -0.4 is 5.32 Å². The molecule has 9 heavy (non-hydrogen) atoms. The van der Waals surface area contributed by atoms with Gasteiger partial charge >= 0.3 is 0 Å². The lowest BCUT2D eigenvalue weighted by Crippen LogP contribution is -2.29. The first kappa shape index (κ1) is 8.47. The first-order valence-electron chi connectivity index (χ1n) is 3.46. The molecule has 2 heteroatoms. The Balaban J connectivity index is 3.27. The maximum atomic E-state index is 10.7. The van der Waals surface area contributed by atoms with E-state index in [-0.39, 0.29) is 11.9 Å². The number of amides is 1. The van der Waals surface area contributed by atoms with Crippen LogP contribution in [0.2, 0.25) is 0 Å². The summed E-state index contributed by atoms with van der Waals surface area (Å²) in [6, 6.07) is 0.282. The fourth-order valence-corrected chi connectivity index (χ4v) is 0.621.